The minimum absolute atomic E-state index is 0.160. The van der Waals surface area contributed by atoms with Crippen LogP contribution in [-0.2, 0) is 6.54 Å². The first-order chi connectivity index (χ1) is 13.7. The van der Waals surface area contributed by atoms with Gasteiger partial charge in [0, 0.05) is 17.4 Å². The van der Waals surface area contributed by atoms with Gasteiger partial charge in [0.25, 0.3) is 5.91 Å². The van der Waals surface area contributed by atoms with Gasteiger partial charge in [-0.15, -0.1) is 10.2 Å². The molecule has 1 aliphatic rings. The maximum absolute atomic E-state index is 12.3. The van der Waals surface area contributed by atoms with Crippen molar-refractivity contribution in [3.8, 4) is 11.5 Å². The first-order valence-electron chi connectivity index (χ1n) is 8.31. The number of amides is 3. The zero-order valence-electron chi connectivity index (χ0n) is 14.5. The van der Waals surface area contributed by atoms with Crippen LogP contribution in [0.3, 0.4) is 0 Å². The molecule has 10 heteroatoms. The summed E-state index contributed by atoms with van der Waals surface area (Å²) in [5, 5.41) is 16.6. The lowest BCUT2D eigenvalue weighted by Gasteiger charge is -2.05. The van der Waals surface area contributed by atoms with Crippen LogP contribution in [0.1, 0.15) is 14.8 Å². The van der Waals surface area contributed by atoms with E-state index in [1.165, 1.54) is 0 Å². The van der Waals surface area contributed by atoms with E-state index in [9.17, 15) is 9.59 Å². The molecule has 28 heavy (non-hydrogen) atoms. The molecule has 4 rings (SSSR count). The number of ether oxygens (including phenoxy) is 2. The second kappa shape index (κ2) is 7.92. The molecule has 1 aromatic heterocycles. The monoisotopic (exact) mass is 397 g/mol. The van der Waals surface area contributed by atoms with Crippen LogP contribution in [0.25, 0.3) is 0 Å². The zero-order chi connectivity index (χ0) is 19.3. The largest absolute Gasteiger partial charge is 0.454 e. The minimum atomic E-state index is -0.392. The summed E-state index contributed by atoms with van der Waals surface area (Å²) < 4.78 is 10.5. The minimum Gasteiger partial charge on any atom is -0.454 e. The lowest BCUT2D eigenvalue weighted by atomic mass is 10.3. The Hall–Kier alpha value is -3.66. The molecule has 142 valence electrons. The van der Waals surface area contributed by atoms with Gasteiger partial charge in [-0.1, -0.05) is 29.5 Å². The van der Waals surface area contributed by atoms with E-state index >= 15 is 0 Å². The first-order valence-corrected chi connectivity index (χ1v) is 9.12. The molecule has 0 saturated heterocycles. The molecule has 0 bridgehead atoms. The number of carbonyl (C=O) groups is 2. The van der Waals surface area contributed by atoms with Crippen molar-refractivity contribution in [2.75, 3.05) is 17.4 Å². The summed E-state index contributed by atoms with van der Waals surface area (Å²) in [6.07, 6.45) is 0. The third-order valence-corrected chi connectivity index (χ3v) is 4.65. The molecule has 0 spiro atoms. The van der Waals surface area contributed by atoms with Crippen LogP contribution in [0.5, 0.6) is 11.5 Å². The number of hydrogen-bond acceptors (Lipinski definition) is 7. The molecular weight excluding hydrogens is 382 g/mol. The summed E-state index contributed by atoms with van der Waals surface area (Å²) in [7, 11) is 0. The number of hydrogen-bond donors (Lipinski definition) is 3. The highest BCUT2D eigenvalue weighted by atomic mass is 32.1. The molecule has 9 nitrogen and oxygen atoms in total. The van der Waals surface area contributed by atoms with Crippen molar-refractivity contribution in [1.82, 2.24) is 15.5 Å². The highest BCUT2D eigenvalue weighted by molar-refractivity contribution is 7.13. The van der Waals surface area contributed by atoms with Gasteiger partial charge in [0.2, 0.25) is 11.8 Å². The fraction of sp³-hybridized carbons (Fsp3) is 0.111. The van der Waals surface area contributed by atoms with Crippen LogP contribution < -0.4 is 25.4 Å². The third kappa shape index (κ3) is 4.18. The Balaban J connectivity index is 1.31. The predicted molar refractivity (Wildman–Crippen MR) is 103 cm³/mol. The first kappa shape index (κ1) is 17.7. The maximum atomic E-state index is 12.3. The maximum Gasteiger partial charge on any atom is 0.319 e. The fourth-order valence-corrected chi connectivity index (χ4v) is 3.10. The van der Waals surface area contributed by atoms with Crippen molar-refractivity contribution in [3.05, 3.63) is 58.5 Å². The van der Waals surface area contributed by atoms with Gasteiger partial charge in [-0.25, -0.2) is 4.79 Å². The molecule has 0 aliphatic carbocycles. The predicted octanol–water partition coefficient (Wildman–Crippen LogP) is 2.84. The van der Waals surface area contributed by atoms with E-state index in [4.69, 9.17) is 9.47 Å². The smallest absolute Gasteiger partial charge is 0.319 e. The number of urea groups is 1. The topological polar surface area (TPSA) is 114 Å². The van der Waals surface area contributed by atoms with Crippen molar-refractivity contribution in [2.24, 2.45) is 0 Å². The van der Waals surface area contributed by atoms with Crippen LogP contribution in [0.15, 0.2) is 48.5 Å². The highest BCUT2D eigenvalue weighted by Gasteiger charge is 2.17. The van der Waals surface area contributed by atoms with Gasteiger partial charge in [0.15, 0.2) is 11.5 Å². The number of carbonyl (C=O) groups excluding carboxylic acids is 2. The molecule has 2 aromatic carbocycles. The van der Waals surface area contributed by atoms with Crippen molar-refractivity contribution < 1.29 is 19.1 Å². The summed E-state index contributed by atoms with van der Waals surface area (Å²) >= 11 is 1.10. The molecule has 0 saturated carbocycles. The Bertz CT molecular complexity index is 1010. The standard InChI is InChI=1S/C18H15N5O4S/c24-16(20-12-6-7-13-14(8-12)27-10-26-13)17-23-22-15(28-17)9-19-18(25)21-11-4-2-1-3-5-11/h1-8H,9-10H2,(H,20,24)(H2,19,21,25). The average Bonchev–Trinajstić information content (AvgIpc) is 3.36. The Morgan fingerprint density at radius 1 is 0.964 bits per heavy atom. The van der Waals surface area contributed by atoms with Gasteiger partial charge in [0.1, 0.15) is 5.01 Å². The van der Waals surface area contributed by atoms with Crippen LogP contribution in [-0.4, -0.2) is 28.9 Å². The van der Waals surface area contributed by atoms with Gasteiger partial charge in [-0.3, -0.25) is 4.79 Å². The second-order valence-electron chi connectivity index (χ2n) is 5.70. The van der Waals surface area contributed by atoms with E-state index in [1.807, 2.05) is 18.2 Å². The summed E-state index contributed by atoms with van der Waals surface area (Å²) in [6.45, 7) is 0.324. The molecule has 3 N–H and O–H groups in total. The van der Waals surface area contributed by atoms with Crippen molar-refractivity contribution in [3.63, 3.8) is 0 Å². The van der Waals surface area contributed by atoms with Crippen LogP contribution in [0.4, 0.5) is 16.2 Å². The average molecular weight is 397 g/mol. The third-order valence-electron chi connectivity index (χ3n) is 3.72. The quantitative estimate of drug-likeness (QED) is 0.610. The molecular formula is C18H15N5O4S. The molecule has 2 heterocycles. The van der Waals surface area contributed by atoms with Crippen molar-refractivity contribution >= 4 is 34.6 Å². The number of anilines is 2. The molecule has 0 unspecified atom stereocenters. The lowest BCUT2D eigenvalue weighted by molar-refractivity contribution is 0.102. The molecule has 0 atom stereocenters. The van der Waals surface area contributed by atoms with Crippen LogP contribution in [0, 0.1) is 0 Å². The fourth-order valence-electron chi connectivity index (χ4n) is 2.43. The Labute approximate surface area is 163 Å². The SMILES string of the molecule is O=C(NCc1nnc(C(=O)Nc2ccc3c(c2)OCO3)s1)Nc1ccccc1. The Morgan fingerprint density at radius 2 is 1.79 bits per heavy atom. The summed E-state index contributed by atoms with van der Waals surface area (Å²) in [4.78, 5) is 24.2. The van der Waals surface area contributed by atoms with E-state index in [1.54, 1.807) is 30.3 Å². The number of para-hydroxylation sites is 1. The number of nitrogens with zero attached hydrogens (tertiary/aromatic N) is 2. The van der Waals surface area contributed by atoms with Crippen LogP contribution >= 0.6 is 11.3 Å². The summed E-state index contributed by atoms with van der Waals surface area (Å²) in [6, 6.07) is 13.8. The van der Waals surface area contributed by atoms with E-state index < -0.39 is 5.91 Å². The number of nitrogens with one attached hydrogen (secondary N) is 3. The molecule has 0 radical (unpaired) electrons. The van der Waals surface area contributed by atoms with E-state index in [-0.39, 0.29) is 24.4 Å². The molecule has 3 aromatic rings. The van der Waals surface area contributed by atoms with Crippen molar-refractivity contribution in [2.45, 2.75) is 6.54 Å². The van der Waals surface area contributed by atoms with E-state index in [0.29, 0.717) is 27.9 Å². The van der Waals surface area contributed by atoms with Crippen molar-refractivity contribution in [1.29, 1.82) is 0 Å². The molecule has 3 amide bonds. The molecule has 0 fully saturated rings. The lowest BCUT2D eigenvalue weighted by Crippen LogP contribution is -2.28. The zero-order valence-corrected chi connectivity index (χ0v) is 15.3. The normalized spacial score (nSPS) is 11.7. The van der Waals surface area contributed by atoms with E-state index in [2.05, 4.69) is 26.1 Å². The van der Waals surface area contributed by atoms with Crippen LogP contribution in [0.2, 0.25) is 0 Å². The van der Waals surface area contributed by atoms with Gasteiger partial charge < -0.3 is 25.4 Å². The number of benzene rings is 2. The number of fused-ring (bicyclic) bond motifs is 1. The van der Waals surface area contributed by atoms with Gasteiger partial charge in [-0.05, 0) is 24.3 Å². The number of rotatable bonds is 5. The highest BCUT2D eigenvalue weighted by Crippen LogP contribution is 2.34. The van der Waals surface area contributed by atoms with Gasteiger partial charge >= 0.3 is 6.03 Å². The Kier molecular flexibility index (Phi) is 5.02. The summed E-state index contributed by atoms with van der Waals surface area (Å²) in [5.41, 5.74) is 1.24. The van der Waals surface area contributed by atoms with E-state index in [0.717, 1.165) is 11.3 Å². The number of aromatic nitrogens is 2. The van der Waals surface area contributed by atoms with Gasteiger partial charge in [0.05, 0.1) is 6.54 Å². The summed E-state index contributed by atoms with van der Waals surface area (Å²) in [5.74, 6) is 0.816. The second-order valence-corrected chi connectivity index (χ2v) is 6.76. The molecule has 1 aliphatic heterocycles. The Morgan fingerprint density at radius 3 is 2.64 bits per heavy atom. The van der Waals surface area contributed by atoms with Gasteiger partial charge in [-0.2, -0.15) is 0 Å².